The van der Waals surface area contributed by atoms with Crippen molar-refractivity contribution in [3.63, 3.8) is 0 Å². The van der Waals surface area contributed by atoms with Crippen LogP contribution >= 0.6 is 23.2 Å². The van der Waals surface area contributed by atoms with E-state index in [-0.39, 0.29) is 27.1 Å². The minimum Gasteiger partial charge on any atom is -0.348 e. The predicted octanol–water partition coefficient (Wildman–Crippen LogP) is 5.03. The maximum Gasteiger partial charge on any atom is 0.261 e. The zero-order valence-corrected chi connectivity index (χ0v) is 17.8. The molecule has 0 heterocycles. The van der Waals surface area contributed by atoms with Crippen molar-refractivity contribution in [2.45, 2.75) is 18.4 Å². The SMILES string of the molecule is Cc1ccc(CNC(=O)c2ccc(NS(=O)(=O)c3ccc(Cl)cc3)cc2Cl)cc1. The van der Waals surface area contributed by atoms with E-state index in [0.29, 0.717) is 11.6 Å². The van der Waals surface area contributed by atoms with Gasteiger partial charge < -0.3 is 5.32 Å². The maximum absolute atomic E-state index is 12.4. The summed E-state index contributed by atoms with van der Waals surface area (Å²) in [6.45, 7) is 2.35. The number of carbonyl (C=O) groups is 1. The number of sulfonamides is 1. The van der Waals surface area contributed by atoms with Crippen LogP contribution in [0.1, 0.15) is 21.5 Å². The summed E-state index contributed by atoms with van der Waals surface area (Å²) >= 11 is 12.0. The molecule has 0 saturated heterocycles. The van der Waals surface area contributed by atoms with Crippen molar-refractivity contribution in [2.24, 2.45) is 0 Å². The molecule has 1 amide bonds. The van der Waals surface area contributed by atoms with Crippen molar-refractivity contribution in [3.8, 4) is 0 Å². The van der Waals surface area contributed by atoms with Crippen molar-refractivity contribution < 1.29 is 13.2 Å². The van der Waals surface area contributed by atoms with Crippen LogP contribution < -0.4 is 10.0 Å². The summed E-state index contributed by atoms with van der Waals surface area (Å²) in [4.78, 5) is 12.5. The molecule has 0 aliphatic rings. The summed E-state index contributed by atoms with van der Waals surface area (Å²) in [5, 5.41) is 3.38. The first-order valence-corrected chi connectivity index (χ1v) is 10.9. The summed E-state index contributed by atoms with van der Waals surface area (Å²) in [5.74, 6) is -0.345. The Bertz CT molecular complexity index is 1130. The van der Waals surface area contributed by atoms with E-state index in [4.69, 9.17) is 23.2 Å². The normalized spacial score (nSPS) is 11.1. The first kappa shape index (κ1) is 21.2. The number of benzene rings is 3. The predicted molar refractivity (Wildman–Crippen MR) is 116 cm³/mol. The van der Waals surface area contributed by atoms with Gasteiger partial charge in [-0.25, -0.2) is 8.42 Å². The molecule has 0 aliphatic heterocycles. The number of amides is 1. The molecular weight excluding hydrogens is 431 g/mol. The number of hydrogen-bond acceptors (Lipinski definition) is 3. The fourth-order valence-corrected chi connectivity index (χ4v) is 4.02. The Kier molecular flexibility index (Phi) is 6.47. The summed E-state index contributed by atoms with van der Waals surface area (Å²) < 4.78 is 27.3. The van der Waals surface area contributed by atoms with Crippen molar-refractivity contribution in [2.75, 3.05) is 4.72 Å². The first-order chi connectivity index (χ1) is 13.7. The third-order valence-corrected chi connectivity index (χ3v) is 6.13. The van der Waals surface area contributed by atoms with Gasteiger partial charge in [0.25, 0.3) is 15.9 Å². The van der Waals surface area contributed by atoms with Gasteiger partial charge in [0, 0.05) is 11.6 Å². The number of carbonyl (C=O) groups excluding carboxylic acids is 1. The van der Waals surface area contributed by atoms with Crippen LogP contribution in [0.5, 0.6) is 0 Å². The lowest BCUT2D eigenvalue weighted by molar-refractivity contribution is 0.0951. The van der Waals surface area contributed by atoms with Gasteiger partial charge >= 0.3 is 0 Å². The second-order valence-electron chi connectivity index (χ2n) is 6.42. The van der Waals surface area contributed by atoms with E-state index >= 15 is 0 Å². The molecule has 150 valence electrons. The molecule has 3 rings (SSSR count). The molecule has 0 atom stereocenters. The van der Waals surface area contributed by atoms with Gasteiger partial charge in [-0.2, -0.15) is 0 Å². The van der Waals surface area contributed by atoms with Crippen molar-refractivity contribution in [1.82, 2.24) is 5.32 Å². The van der Waals surface area contributed by atoms with Gasteiger partial charge in [-0.1, -0.05) is 53.0 Å². The molecule has 8 heteroatoms. The Morgan fingerprint density at radius 2 is 1.59 bits per heavy atom. The lowest BCUT2D eigenvalue weighted by atomic mass is 10.1. The summed E-state index contributed by atoms with van der Waals surface area (Å²) in [7, 11) is -3.80. The van der Waals surface area contributed by atoms with Crippen molar-refractivity contribution >= 4 is 44.8 Å². The molecular formula is C21H18Cl2N2O3S. The first-order valence-electron chi connectivity index (χ1n) is 8.66. The average molecular weight is 449 g/mol. The highest BCUT2D eigenvalue weighted by atomic mass is 35.5. The highest BCUT2D eigenvalue weighted by Gasteiger charge is 2.16. The van der Waals surface area contributed by atoms with E-state index in [1.165, 1.54) is 42.5 Å². The molecule has 0 saturated carbocycles. The van der Waals surface area contributed by atoms with Crippen molar-refractivity contribution in [1.29, 1.82) is 0 Å². The molecule has 0 spiro atoms. The summed E-state index contributed by atoms with van der Waals surface area (Å²) in [5.41, 5.74) is 2.61. The Labute approximate surface area is 179 Å². The van der Waals surface area contributed by atoms with E-state index in [2.05, 4.69) is 10.0 Å². The Morgan fingerprint density at radius 3 is 2.21 bits per heavy atom. The van der Waals surface area contributed by atoms with Gasteiger partial charge in [-0.3, -0.25) is 9.52 Å². The summed E-state index contributed by atoms with van der Waals surface area (Å²) in [6, 6.07) is 18.0. The van der Waals surface area contributed by atoms with E-state index in [0.717, 1.165) is 11.1 Å². The lowest BCUT2D eigenvalue weighted by Gasteiger charge is -2.11. The van der Waals surface area contributed by atoms with Gasteiger partial charge in [-0.15, -0.1) is 0 Å². The monoisotopic (exact) mass is 448 g/mol. The molecule has 2 N–H and O–H groups in total. The molecule has 0 bridgehead atoms. The van der Waals surface area contributed by atoms with Crippen LogP contribution in [0.15, 0.2) is 71.6 Å². The van der Waals surface area contributed by atoms with Gasteiger partial charge in [0.2, 0.25) is 0 Å². The molecule has 0 unspecified atom stereocenters. The maximum atomic E-state index is 12.4. The third-order valence-electron chi connectivity index (χ3n) is 4.16. The van der Waals surface area contributed by atoms with E-state index in [9.17, 15) is 13.2 Å². The van der Waals surface area contributed by atoms with E-state index in [1.807, 2.05) is 31.2 Å². The zero-order chi connectivity index (χ0) is 21.0. The fraction of sp³-hybridized carbons (Fsp3) is 0.0952. The molecule has 5 nitrogen and oxygen atoms in total. The Hall–Kier alpha value is -2.54. The van der Waals surface area contributed by atoms with Gasteiger partial charge in [0.05, 0.1) is 21.2 Å². The number of rotatable bonds is 6. The average Bonchev–Trinajstić information content (AvgIpc) is 2.67. The van der Waals surface area contributed by atoms with E-state index < -0.39 is 10.0 Å². The van der Waals surface area contributed by atoms with Crippen LogP contribution in [0, 0.1) is 6.92 Å². The molecule has 3 aromatic carbocycles. The van der Waals surface area contributed by atoms with Crippen LogP contribution in [0.25, 0.3) is 0 Å². The molecule has 0 aliphatic carbocycles. The number of anilines is 1. The second-order valence-corrected chi connectivity index (χ2v) is 8.95. The number of hydrogen-bond donors (Lipinski definition) is 2. The highest BCUT2D eigenvalue weighted by Crippen LogP contribution is 2.24. The molecule has 29 heavy (non-hydrogen) atoms. The number of halogens is 2. The molecule has 0 fully saturated rings. The van der Waals surface area contributed by atoms with Crippen LogP contribution in [0.4, 0.5) is 5.69 Å². The molecule has 3 aromatic rings. The Morgan fingerprint density at radius 1 is 0.931 bits per heavy atom. The summed E-state index contributed by atoms with van der Waals surface area (Å²) in [6.07, 6.45) is 0. The molecule has 0 radical (unpaired) electrons. The minimum absolute atomic E-state index is 0.0675. The van der Waals surface area contributed by atoms with Crippen LogP contribution in [-0.2, 0) is 16.6 Å². The standard InChI is InChI=1S/C21H18Cl2N2O3S/c1-14-2-4-15(5-3-14)13-24-21(26)19-11-8-17(12-20(19)23)25-29(27,28)18-9-6-16(22)7-10-18/h2-12,25H,13H2,1H3,(H,24,26). The molecule has 0 aromatic heterocycles. The second kappa shape index (κ2) is 8.86. The topological polar surface area (TPSA) is 75.3 Å². The largest absolute Gasteiger partial charge is 0.348 e. The zero-order valence-electron chi connectivity index (χ0n) is 15.4. The van der Waals surface area contributed by atoms with Crippen LogP contribution in [-0.4, -0.2) is 14.3 Å². The van der Waals surface area contributed by atoms with Gasteiger partial charge in [0.15, 0.2) is 0 Å². The van der Waals surface area contributed by atoms with Crippen LogP contribution in [0.2, 0.25) is 10.0 Å². The lowest BCUT2D eigenvalue weighted by Crippen LogP contribution is -2.23. The van der Waals surface area contributed by atoms with Crippen molar-refractivity contribution in [3.05, 3.63) is 93.5 Å². The van der Waals surface area contributed by atoms with Crippen LogP contribution in [0.3, 0.4) is 0 Å². The highest BCUT2D eigenvalue weighted by molar-refractivity contribution is 7.92. The fourth-order valence-electron chi connectivity index (χ4n) is 2.57. The van der Waals surface area contributed by atoms with Gasteiger partial charge in [-0.05, 0) is 55.0 Å². The van der Waals surface area contributed by atoms with Gasteiger partial charge in [0.1, 0.15) is 0 Å². The number of nitrogens with one attached hydrogen (secondary N) is 2. The number of aryl methyl sites for hydroxylation is 1. The smallest absolute Gasteiger partial charge is 0.261 e. The minimum atomic E-state index is -3.80. The Balaban J connectivity index is 1.70. The van der Waals surface area contributed by atoms with E-state index in [1.54, 1.807) is 0 Å². The quantitative estimate of drug-likeness (QED) is 0.554. The third kappa shape index (κ3) is 5.50.